The second kappa shape index (κ2) is 23.2. The van der Waals surface area contributed by atoms with Crippen LogP contribution in [0, 0.1) is 27.6 Å². The number of ether oxygens (including phenoxy) is 2. The topological polar surface area (TPSA) is 62.3 Å². The van der Waals surface area contributed by atoms with Gasteiger partial charge in [0.25, 0.3) is 0 Å². The molecule has 0 rings (SSSR count). The van der Waals surface area contributed by atoms with Crippen molar-refractivity contribution in [1.29, 1.82) is 0 Å². The van der Waals surface area contributed by atoms with Crippen LogP contribution < -0.4 is 0 Å². The molecular weight excluding hydrogens is 550 g/mol. The van der Waals surface area contributed by atoms with E-state index in [0.717, 1.165) is 58.4 Å². The molecule has 0 bridgehead atoms. The normalized spacial score (nSPS) is 14.3. The average molecular weight is 630 g/mol. The van der Waals surface area contributed by atoms with Gasteiger partial charge in [-0.05, 0) is 110 Å². The Hall–Kier alpha value is -1.18. The highest BCUT2D eigenvalue weighted by molar-refractivity contribution is 5.77. The molecule has 2 atom stereocenters. The molecule has 0 aromatic rings. The van der Waals surface area contributed by atoms with Crippen molar-refractivity contribution >= 4 is 11.9 Å². The third kappa shape index (κ3) is 19.4. The lowest BCUT2D eigenvalue weighted by molar-refractivity contribution is -0.163. The minimum absolute atomic E-state index is 0.105. The quantitative estimate of drug-likeness (QED) is 0.133. The van der Waals surface area contributed by atoms with Crippen molar-refractivity contribution in [2.45, 2.75) is 129 Å². The highest BCUT2D eigenvalue weighted by Gasteiger charge is 2.50. The van der Waals surface area contributed by atoms with Crippen LogP contribution in [0.4, 0.5) is 0 Å². The molecule has 0 fully saturated rings. The standard InChI is InChI=1S/C32H65N3O4.C3H8.C2H6/c1-15-26(27(36)39-23-22-35(20-16-18-33(10)11)21-17-19-34(12)13)31(7,8)24-30(5,6)25-32(9,28(37)38-14)29(2,3)4;1-3-2;1-2/h26H,15-25H2,1-14H3;3H2,1-2H3;1-2H3. The van der Waals surface area contributed by atoms with E-state index in [1.165, 1.54) is 13.5 Å². The van der Waals surface area contributed by atoms with E-state index in [0.29, 0.717) is 13.0 Å². The van der Waals surface area contributed by atoms with Crippen LogP contribution >= 0.6 is 0 Å². The van der Waals surface area contributed by atoms with Gasteiger partial charge in [-0.2, -0.15) is 0 Å². The minimum Gasteiger partial charge on any atom is -0.469 e. The first kappa shape index (κ1) is 47.2. The van der Waals surface area contributed by atoms with E-state index in [9.17, 15) is 9.59 Å². The third-order valence-electron chi connectivity index (χ3n) is 8.50. The minimum atomic E-state index is -0.633. The van der Waals surface area contributed by atoms with E-state index in [2.05, 4.69) is 112 Å². The van der Waals surface area contributed by atoms with Gasteiger partial charge in [0.2, 0.25) is 0 Å². The van der Waals surface area contributed by atoms with Crippen LogP contribution in [0.3, 0.4) is 0 Å². The van der Waals surface area contributed by atoms with Gasteiger partial charge in [0, 0.05) is 6.54 Å². The van der Waals surface area contributed by atoms with Crippen molar-refractivity contribution in [2.75, 3.05) is 74.6 Å². The Labute approximate surface area is 276 Å². The van der Waals surface area contributed by atoms with Crippen molar-refractivity contribution in [1.82, 2.24) is 14.7 Å². The number of methoxy groups -OCH3 is 1. The van der Waals surface area contributed by atoms with Crippen LogP contribution in [-0.4, -0.2) is 101 Å². The van der Waals surface area contributed by atoms with Crippen molar-refractivity contribution in [3.05, 3.63) is 0 Å². The Balaban J connectivity index is -0.00000315. The summed E-state index contributed by atoms with van der Waals surface area (Å²) in [6, 6.07) is 0. The van der Waals surface area contributed by atoms with Gasteiger partial charge in [-0.25, -0.2) is 0 Å². The van der Waals surface area contributed by atoms with Gasteiger partial charge in [-0.3, -0.25) is 14.5 Å². The van der Waals surface area contributed by atoms with E-state index in [1.807, 2.05) is 20.8 Å². The lowest BCUT2D eigenvalue weighted by atomic mass is 9.57. The molecule has 0 amide bonds. The summed E-state index contributed by atoms with van der Waals surface area (Å²) in [5.41, 5.74) is -1.34. The molecular formula is C37H79N3O4. The Morgan fingerprint density at radius 3 is 1.48 bits per heavy atom. The number of carbonyl (C=O) groups is 2. The van der Waals surface area contributed by atoms with Crippen LogP contribution in [0.15, 0.2) is 0 Å². The molecule has 0 N–H and O–H groups in total. The maximum atomic E-state index is 13.4. The highest BCUT2D eigenvalue weighted by atomic mass is 16.5. The van der Waals surface area contributed by atoms with Crippen molar-refractivity contribution in [3.63, 3.8) is 0 Å². The van der Waals surface area contributed by atoms with Crippen LogP contribution in [0.25, 0.3) is 0 Å². The summed E-state index contributed by atoms with van der Waals surface area (Å²) in [6.45, 7) is 32.7. The predicted molar refractivity (Wildman–Crippen MR) is 191 cm³/mol. The monoisotopic (exact) mass is 630 g/mol. The number of hydrogen-bond donors (Lipinski definition) is 0. The molecule has 266 valence electrons. The first-order valence-corrected chi connectivity index (χ1v) is 17.4. The molecule has 7 nitrogen and oxygen atoms in total. The summed E-state index contributed by atoms with van der Waals surface area (Å²) in [7, 11) is 9.88. The molecule has 0 aliphatic heterocycles. The predicted octanol–water partition coefficient (Wildman–Crippen LogP) is 8.26. The van der Waals surface area contributed by atoms with Gasteiger partial charge in [0.1, 0.15) is 6.61 Å². The van der Waals surface area contributed by atoms with E-state index in [1.54, 1.807) is 0 Å². The third-order valence-corrected chi connectivity index (χ3v) is 8.50. The molecule has 0 saturated carbocycles. The van der Waals surface area contributed by atoms with Gasteiger partial charge < -0.3 is 19.3 Å². The van der Waals surface area contributed by atoms with Gasteiger partial charge in [-0.1, -0.05) is 89.5 Å². The molecule has 0 radical (unpaired) electrons. The number of nitrogens with zero attached hydrogens (tertiary/aromatic N) is 3. The summed E-state index contributed by atoms with van der Waals surface area (Å²) in [6.07, 6.45) is 5.66. The summed E-state index contributed by atoms with van der Waals surface area (Å²) in [4.78, 5) is 33.1. The molecule has 0 aliphatic carbocycles. The van der Waals surface area contributed by atoms with E-state index in [-0.39, 0.29) is 34.1 Å². The summed E-state index contributed by atoms with van der Waals surface area (Å²) in [5.74, 6) is -0.480. The molecule has 0 aromatic heterocycles. The Bertz CT molecular complexity index is 730. The van der Waals surface area contributed by atoms with Crippen molar-refractivity contribution in [2.24, 2.45) is 27.6 Å². The molecule has 0 heterocycles. The molecule has 2 unspecified atom stereocenters. The molecule has 0 aromatic carbocycles. The molecule has 0 spiro atoms. The van der Waals surface area contributed by atoms with Crippen molar-refractivity contribution in [3.8, 4) is 0 Å². The maximum Gasteiger partial charge on any atom is 0.312 e. The summed E-state index contributed by atoms with van der Waals surface area (Å²) in [5, 5.41) is 0. The van der Waals surface area contributed by atoms with E-state index in [4.69, 9.17) is 9.47 Å². The fourth-order valence-electron chi connectivity index (χ4n) is 6.22. The molecule has 44 heavy (non-hydrogen) atoms. The average Bonchev–Trinajstić information content (AvgIpc) is 2.87. The van der Waals surface area contributed by atoms with Gasteiger partial charge in [-0.15, -0.1) is 0 Å². The van der Waals surface area contributed by atoms with E-state index >= 15 is 0 Å². The zero-order valence-corrected chi connectivity index (χ0v) is 33.0. The Kier molecular flexibility index (Phi) is 24.9. The lowest BCUT2D eigenvalue weighted by Gasteiger charge is -2.47. The second-order valence-electron chi connectivity index (χ2n) is 15.6. The SMILES string of the molecule is CC.CCC.CCC(C(=O)OCCN(CCCN(C)C)CCCN(C)C)C(C)(C)CC(C)(C)CC(C)(C(=O)OC)C(C)(C)C. The smallest absolute Gasteiger partial charge is 0.312 e. The zero-order chi connectivity index (χ0) is 35.4. The van der Waals surface area contributed by atoms with Crippen LogP contribution in [-0.2, 0) is 19.1 Å². The number of rotatable bonds is 19. The largest absolute Gasteiger partial charge is 0.469 e. The van der Waals surface area contributed by atoms with Gasteiger partial charge in [0.15, 0.2) is 0 Å². The first-order chi connectivity index (χ1) is 20.1. The van der Waals surface area contributed by atoms with Gasteiger partial charge in [0.05, 0.1) is 18.4 Å². The Morgan fingerprint density at radius 2 is 1.14 bits per heavy atom. The zero-order valence-electron chi connectivity index (χ0n) is 33.0. The lowest BCUT2D eigenvalue weighted by Crippen LogP contribution is -2.46. The van der Waals surface area contributed by atoms with Crippen LogP contribution in [0.1, 0.15) is 129 Å². The van der Waals surface area contributed by atoms with Gasteiger partial charge >= 0.3 is 11.9 Å². The number of hydrogen-bond acceptors (Lipinski definition) is 7. The number of esters is 2. The number of carbonyl (C=O) groups excluding carboxylic acids is 2. The maximum absolute atomic E-state index is 13.4. The van der Waals surface area contributed by atoms with Crippen LogP contribution in [0.5, 0.6) is 0 Å². The fraction of sp³-hybridized carbons (Fsp3) is 0.946. The second-order valence-corrected chi connectivity index (χ2v) is 15.6. The fourth-order valence-corrected chi connectivity index (χ4v) is 6.22. The highest BCUT2D eigenvalue weighted by Crippen LogP contribution is 2.52. The van der Waals surface area contributed by atoms with Crippen LogP contribution in [0.2, 0.25) is 0 Å². The summed E-state index contributed by atoms with van der Waals surface area (Å²) >= 11 is 0. The molecule has 0 aliphatic rings. The Morgan fingerprint density at radius 1 is 0.705 bits per heavy atom. The summed E-state index contributed by atoms with van der Waals surface area (Å²) < 4.78 is 11.2. The molecule has 7 heteroatoms. The van der Waals surface area contributed by atoms with E-state index < -0.39 is 5.41 Å². The molecule has 0 saturated heterocycles. The van der Waals surface area contributed by atoms with Crippen molar-refractivity contribution < 1.29 is 19.1 Å². The first-order valence-electron chi connectivity index (χ1n) is 17.4.